The molecule has 0 spiro atoms. The van der Waals surface area contributed by atoms with Gasteiger partial charge in [-0.15, -0.1) is 0 Å². The highest BCUT2D eigenvalue weighted by Crippen LogP contribution is 2.40. The number of rotatable bonds is 5. The molecule has 7 nitrogen and oxygen atoms in total. The van der Waals surface area contributed by atoms with E-state index in [1.807, 2.05) is 69.3 Å². The Morgan fingerprint density at radius 2 is 1.77 bits per heavy atom. The maximum absolute atomic E-state index is 13.4. The van der Waals surface area contributed by atoms with Crippen molar-refractivity contribution in [1.29, 1.82) is 0 Å². The van der Waals surface area contributed by atoms with Crippen LogP contribution in [0.15, 0.2) is 83.9 Å². The van der Waals surface area contributed by atoms with Crippen LogP contribution in [-0.4, -0.2) is 27.6 Å². The van der Waals surface area contributed by atoms with Crippen LogP contribution in [0.5, 0.6) is 0 Å². The molecular formula is C32H28N4O3. The molecule has 6 aromatic rings. The number of ether oxygens (including phenoxy) is 1. The van der Waals surface area contributed by atoms with Crippen LogP contribution in [-0.2, 0) is 10.3 Å². The minimum atomic E-state index is -0.505. The summed E-state index contributed by atoms with van der Waals surface area (Å²) in [6.07, 6.45) is 1.58. The number of H-pyrrole nitrogens is 1. The molecule has 1 amide bonds. The SMILES string of the molecule is COC(C)(C)c1ccc2c(c1)[nH]c1c(C(N)=O)ccc(-c3cccc(-n4cnc5ccccc5c4=O)c3C)c12. The minimum Gasteiger partial charge on any atom is -0.374 e. The monoisotopic (exact) mass is 516 g/mol. The van der Waals surface area contributed by atoms with Crippen molar-refractivity contribution in [3.63, 3.8) is 0 Å². The van der Waals surface area contributed by atoms with Crippen molar-refractivity contribution in [2.45, 2.75) is 26.4 Å². The van der Waals surface area contributed by atoms with Gasteiger partial charge in [0.05, 0.1) is 33.3 Å². The summed E-state index contributed by atoms with van der Waals surface area (Å²) in [5, 5.41) is 2.42. The summed E-state index contributed by atoms with van der Waals surface area (Å²) < 4.78 is 7.28. The van der Waals surface area contributed by atoms with Gasteiger partial charge in [-0.05, 0) is 73.4 Å². The van der Waals surface area contributed by atoms with Crippen LogP contribution in [0.4, 0.5) is 0 Å². The number of methoxy groups -OCH3 is 1. The summed E-state index contributed by atoms with van der Waals surface area (Å²) in [7, 11) is 1.69. The Balaban J connectivity index is 1.62. The van der Waals surface area contributed by atoms with Gasteiger partial charge in [0, 0.05) is 23.4 Å². The van der Waals surface area contributed by atoms with Crippen LogP contribution in [0.3, 0.4) is 0 Å². The maximum atomic E-state index is 13.4. The average molecular weight is 517 g/mol. The molecule has 0 saturated carbocycles. The lowest BCUT2D eigenvalue weighted by Crippen LogP contribution is -2.19. The number of aromatic nitrogens is 3. The van der Waals surface area contributed by atoms with Crippen LogP contribution in [0, 0.1) is 6.92 Å². The minimum absolute atomic E-state index is 0.129. The largest absolute Gasteiger partial charge is 0.374 e. The van der Waals surface area contributed by atoms with Gasteiger partial charge in [0.1, 0.15) is 6.33 Å². The fourth-order valence-corrected chi connectivity index (χ4v) is 5.35. The molecule has 7 heteroatoms. The first-order chi connectivity index (χ1) is 18.7. The van der Waals surface area contributed by atoms with Crippen molar-refractivity contribution in [2.75, 3.05) is 7.11 Å². The number of benzene rings is 4. The van der Waals surface area contributed by atoms with E-state index in [-0.39, 0.29) is 5.56 Å². The van der Waals surface area contributed by atoms with E-state index in [4.69, 9.17) is 10.5 Å². The second-order valence-electron chi connectivity index (χ2n) is 10.3. The van der Waals surface area contributed by atoms with Gasteiger partial charge < -0.3 is 15.5 Å². The second kappa shape index (κ2) is 8.92. The lowest BCUT2D eigenvalue weighted by Gasteiger charge is -2.23. The third kappa shape index (κ3) is 3.82. The van der Waals surface area contributed by atoms with Crippen LogP contribution >= 0.6 is 0 Å². The van der Waals surface area contributed by atoms with E-state index in [2.05, 4.69) is 22.1 Å². The molecule has 194 valence electrons. The Morgan fingerprint density at radius 1 is 0.974 bits per heavy atom. The Bertz CT molecular complexity index is 2000. The smallest absolute Gasteiger partial charge is 0.265 e. The fourth-order valence-electron chi connectivity index (χ4n) is 5.35. The molecular weight excluding hydrogens is 488 g/mol. The highest BCUT2D eigenvalue weighted by Gasteiger charge is 2.23. The Kier molecular flexibility index (Phi) is 5.62. The molecule has 3 N–H and O–H groups in total. The lowest BCUT2D eigenvalue weighted by atomic mass is 9.92. The predicted molar refractivity (Wildman–Crippen MR) is 155 cm³/mol. The Labute approximate surface area is 224 Å². The van der Waals surface area contributed by atoms with Gasteiger partial charge in [-0.1, -0.05) is 42.5 Å². The van der Waals surface area contributed by atoms with E-state index < -0.39 is 11.5 Å². The van der Waals surface area contributed by atoms with E-state index >= 15 is 0 Å². The first-order valence-corrected chi connectivity index (χ1v) is 12.7. The highest BCUT2D eigenvalue weighted by molar-refractivity contribution is 6.20. The summed E-state index contributed by atoms with van der Waals surface area (Å²) in [6.45, 7) is 6.01. The van der Waals surface area contributed by atoms with Gasteiger partial charge in [0.15, 0.2) is 0 Å². The Hall–Kier alpha value is -4.75. The van der Waals surface area contributed by atoms with Gasteiger partial charge >= 0.3 is 0 Å². The summed E-state index contributed by atoms with van der Waals surface area (Å²) in [4.78, 5) is 33.7. The van der Waals surface area contributed by atoms with E-state index in [0.29, 0.717) is 22.0 Å². The second-order valence-corrected chi connectivity index (χ2v) is 10.3. The number of fused-ring (bicyclic) bond motifs is 4. The molecule has 0 bridgehead atoms. The normalized spacial score (nSPS) is 12.0. The third-order valence-electron chi connectivity index (χ3n) is 7.75. The molecule has 0 atom stereocenters. The van der Waals surface area contributed by atoms with Crippen molar-refractivity contribution in [3.8, 4) is 16.8 Å². The molecule has 4 aromatic carbocycles. The predicted octanol–water partition coefficient (Wildman–Crippen LogP) is 5.98. The summed E-state index contributed by atoms with van der Waals surface area (Å²) in [5.74, 6) is -0.505. The van der Waals surface area contributed by atoms with Crippen LogP contribution in [0.25, 0.3) is 49.5 Å². The van der Waals surface area contributed by atoms with Gasteiger partial charge in [-0.3, -0.25) is 14.2 Å². The zero-order valence-electron chi connectivity index (χ0n) is 22.2. The van der Waals surface area contributed by atoms with E-state index in [9.17, 15) is 9.59 Å². The van der Waals surface area contributed by atoms with Crippen molar-refractivity contribution >= 4 is 38.6 Å². The molecule has 0 fully saturated rings. The van der Waals surface area contributed by atoms with Gasteiger partial charge in [-0.2, -0.15) is 0 Å². The molecule has 0 aliphatic heterocycles. The average Bonchev–Trinajstić information content (AvgIpc) is 3.32. The number of hydrogen-bond acceptors (Lipinski definition) is 4. The summed E-state index contributed by atoms with van der Waals surface area (Å²) in [6, 6.07) is 23.0. The first kappa shape index (κ1) is 24.6. The number of aromatic amines is 1. The number of para-hydroxylation sites is 1. The Morgan fingerprint density at radius 3 is 2.54 bits per heavy atom. The summed E-state index contributed by atoms with van der Waals surface area (Å²) in [5.41, 5.74) is 12.3. The number of nitrogens with zero attached hydrogens (tertiary/aromatic N) is 2. The quantitative estimate of drug-likeness (QED) is 0.294. The molecule has 0 saturated heterocycles. The van der Waals surface area contributed by atoms with Gasteiger partial charge in [0.2, 0.25) is 0 Å². The fraction of sp³-hybridized carbons (Fsp3) is 0.156. The van der Waals surface area contributed by atoms with Gasteiger partial charge in [0.25, 0.3) is 11.5 Å². The van der Waals surface area contributed by atoms with Crippen molar-refractivity contribution in [2.24, 2.45) is 5.73 Å². The molecule has 0 aliphatic rings. The zero-order chi connectivity index (χ0) is 27.5. The third-order valence-corrected chi connectivity index (χ3v) is 7.75. The molecule has 0 unspecified atom stereocenters. The number of carbonyl (C=O) groups excluding carboxylic acids is 1. The van der Waals surface area contributed by atoms with E-state index in [1.165, 1.54) is 0 Å². The number of nitrogens with two attached hydrogens (primary N) is 1. The molecule has 39 heavy (non-hydrogen) atoms. The number of hydrogen-bond donors (Lipinski definition) is 2. The molecule has 2 heterocycles. The number of nitrogens with one attached hydrogen (secondary N) is 1. The van der Waals surface area contributed by atoms with Crippen LogP contribution in [0.2, 0.25) is 0 Å². The van der Waals surface area contributed by atoms with Crippen molar-refractivity contribution < 1.29 is 9.53 Å². The molecule has 0 radical (unpaired) electrons. The molecule has 2 aromatic heterocycles. The number of amides is 1. The standard InChI is InChI=1S/C32H28N4O3/c1-18-20(9-7-11-27(18)36-17-34-25-10-6-5-8-23(25)31(36)38)21-14-15-24(30(33)37)29-28(21)22-13-12-19(16-26(22)35-29)32(2,3)39-4/h5-17,35H,1-4H3,(H2,33,37). The lowest BCUT2D eigenvalue weighted by molar-refractivity contribution is 0.0193. The number of primary amides is 1. The van der Waals surface area contributed by atoms with Crippen LogP contribution in [0.1, 0.15) is 35.3 Å². The van der Waals surface area contributed by atoms with Crippen LogP contribution < -0.4 is 11.3 Å². The maximum Gasteiger partial charge on any atom is 0.265 e. The highest BCUT2D eigenvalue weighted by atomic mass is 16.5. The number of carbonyl (C=O) groups is 1. The van der Waals surface area contributed by atoms with E-state index in [1.54, 1.807) is 30.1 Å². The molecule has 6 rings (SSSR count). The molecule has 0 aliphatic carbocycles. The van der Waals surface area contributed by atoms with Gasteiger partial charge in [-0.25, -0.2) is 4.98 Å². The van der Waals surface area contributed by atoms with Crippen molar-refractivity contribution in [1.82, 2.24) is 14.5 Å². The van der Waals surface area contributed by atoms with E-state index in [0.717, 1.165) is 44.2 Å². The first-order valence-electron chi connectivity index (χ1n) is 12.7. The topological polar surface area (TPSA) is 103 Å². The van der Waals surface area contributed by atoms with Crippen molar-refractivity contribution in [3.05, 3.63) is 106 Å². The summed E-state index contributed by atoms with van der Waals surface area (Å²) >= 11 is 0. The zero-order valence-corrected chi connectivity index (χ0v) is 22.2.